The zero-order valence-electron chi connectivity index (χ0n) is 11.0. The lowest BCUT2D eigenvalue weighted by Crippen LogP contribution is -2.37. The molecule has 0 aromatic heterocycles. The van der Waals surface area contributed by atoms with E-state index in [-0.39, 0.29) is 12.5 Å². The van der Waals surface area contributed by atoms with Gasteiger partial charge in [-0.25, -0.2) is 0 Å². The third-order valence-corrected chi connectivity index (χ3v) is 3.93. The van der Waals surface area contributed by atoms with Gasteiger partial charge in [0.2, 0.25) is 0 Å². The zero-order chi connectivity index (χ0) is 13.5. The van der Waals surface area contributed by atoms with Gasteiger partial charge in [0.05, 0.1) is 0 Å². The molecule has 0 atom stereocenters. The Kier molecular flexibility index (Phi) is 5.70. The molecule has 0 unspecified atom stereocenters. The summed E-state index contributed by atoms with van der Waals surface area (Å²) in [4.78, 5) is 11.8. The Morgan fingerprint density at radius 2 is 1.79 bits per heavy atom. The Morgan fingerprint density at radius 3 is 2.42 bits per heavy atom. The summed E-state index contributed by atoms with van der Waals surface area (Å²) < 4.78 is 6.47. The molecule has 1 aromatic rings. The molecule has 0 bridgehead atoms. The SMILES string of the molecule is O=C(COc1ccc(Br)cc1)NC1CCCCCC1. The first-order valence-electron chi connectivity index (χ1n) is 6.92. The second kappa shape index (κ2) is 7.53. The summed E-state index contributed by atoms with van der Waals surface area (Å²) in [6, 6.07) is 7.84. The minimum Gasteiger partial charge on any atom is -0.484 e. The average Bonchev–Trinajstić information content (AvgIpc) is 2.67. The molecule has 1 amide bonds. The van der Waals surface area contributed by atoms with E-state index in [9.17, 15) is 4.79 Å². The molecule has 1 saturated carbocycles. The van der Waals surface area contributed by atoms with Crippen LogP contribution in [0.4, 0.5) is 0 Å². The highest BCUT2D eigenvalue weighted by Gasteiger charge is 2.14. The van der Waals surface area contributed by atoms with E-state index in [1.807, 2.05) is 24.3 Å². The van der Waals surface area contributed by atoms with Gasteiger partial charge in [0.25, 0.3) is 5.91 Å². The number of benzene rings is 1. The monoisotopic (exact) mass is 325 g/mol. The van der Waals surface area contributed by atoms with Crippen LogP contribution in [0.3, 0.4) is 0 Å². The number of nitrogens with one attached hydrogen (secondary N) is 1. The highest BCUT2D eigenvalue weighted by Crippen LogP contribution is 2.18. The van der Waals surface area contributed by atoms with Gasteiger partial charge < -0.3 is 10.1 Å². The molecular weight excluding hydrogens is 306 g/mol. The van der Waals surface area contributed by atoms with Crippen molar-refractivity contribution >= 4 is 21.8 Å². The van der Waals surface area contributed by atoms with Crippen molar-refractivity contribution in [2.24, 2.45) is 0 Å². The molecule has 0 spiro atoms. The highest BCUT2D eigenvalue weighted by atomic mass is 79.9. The number of ether oxygens (including phenoxy) is 1. The van der Waals surface area contributed by atoms with Crippen LogP contribution in [0.15, 0.2) is 28.7 Å². The van der Waals surface area contributed by atoms with Crippen LogP contribution < -0.4 is 10.1 Å². The molecule has 1 aliphatic carbocycles. The second-order valence-electron chi connectivity index (χ2n) is 5.00. The maximum absolute atomic E-state index is 11.8. The van der Waals surface area contributed by atoms with E-state index in [1.54, 1.807) is 0 Å². The average molecular weight is 326 g/mol. The van der Waals surface area contributed by atoms with Crippen LogP contribution in [0.25, 0.3) is 0 Å². The normalized spacial score (nSPS) is 16.7. The van der Waals surface area contributed by atoms with E-state index in [0.717, 1.165) is 23.1 Å². The lowest BCUT2D eigenvalue weighted by Gasteiger charge is -2.16. The van der Waals surface area contributed by atoms with Gasteiger partial charge in [-0.2, -0.15) is 0 Å². The van der Waals surface area contributed by atoms with Crippen LogP contribution in [0.2, 0.25) is 0 Å². The van der Waals surface area contributed by atoms with Crippen molar-refractivity contribution in [3.63, 3.8) is 0 Å². The quantitative estimate of drug-likeness (QED) is 0.858. The number of halogens is 1. The molecule has 1 aromatic carbocycles. The standard InChI is InChI=1S/C15H20BrNO2/c16-12-7-9-14(10-8-12)19-11-15(18)17-13-5-3-1-2-4-6-13/h7-10,13H,1-6,11H2,(H,17,18). The molecule has 0 saturated heterocycles. The number of hydrogen-bond acceptors (Lipinski definition) is 2. The first kappa shape index (κ1) is 14.4. The maximum Gasteiger partial charge on any atom is 0.258 e. The number of carbonyl (C=O) groups is 1. The van der Waals surface area contributed by atoms with Crippen molar-refractivity contribution < 1.29 is 9.53 Å². The van der Waals surface area contributed by atoms with Crippen LogP contribution in [0, 0.1) is 0 Å². The molecule has 0 heterocycles. The Bertz CT molecular complexity index is 397. The van der Waals surface area contributed by atoms with Crippen molar-refractivity contribution in [2.75, 3.05) is 6.61 Å². The van der Waals surface area contributed by atoms with E-state index in [4.69, 9.17) is 4.74 Å². The van der Waals surface area contributed by atoms with E-state index < -0.39 is 0 Å². The Balaban J connectivity index is 1.73. The van der Waals surface area contributed by atoms with E-state index >= 15 is 0 Å². The summed E-state index contributed by atoms with van der Waals surface area (Å²) in [6.45, 7) is 0.0954. The van der Waals surface area contributed by atoms with Gasteiger partial charge in [-0.1, -0.05) is 41.6 Å². The minimum atomic E-state index is -0.0187. The number of amides is 1. The van der Waals surface area contributed by atoms with Gasteiger partial charge in [-0.3, -0.25) is 4.79 Å². The molecule has 1 aliphatic rings. The highest BCUT2D eigenvalue weighted by molar-refractivity contribution is 9.10. The topological polar surface area (TPSA) is 38.3 Å². The Morgan fingerprint density at radius 1 is 1.16 bits per heavy atom. The van der Waals surface area contributed by atoms with Crippen molar-refractivity contribution in [2.45, 2.75) is 44.6 Å². The van der Waals surface area contributed by atoms with Crippen molar-refractivity contribution in [3.05, 3.63) is 28.7 Å². The van der Waals surface area contributed by atoms with Crippen LogP contribution >= 0.6 is 15.9 Å². The van der Waals surface area contributed by atoms with Crippen molar-refractivity contribution in [3.8, 4) is 5.75 Å². The molecule has 2 rings (SSSR count). The van der Waals surface area contributed by atoms with Gasteiger partial charge in [-0.15, -0.1) is 0 Å². The van der Waals surface area contributed by atoms with E-state index in [2.05, 4.69) is 21.2 Å². The molecule has 1 N–H and O–H groups in total. The summed E-state index contributed by atoms with van der Waals surface area (Å²) in [5.41, 5.74) is 0. The smallest absolute Gasteiger partial charge is 0.258 e. The fourth-order valence-electron chi connectivity index (χ4n) is 2.37. The number of carbonyl (C=O) groups excluding carboxylic acids is 1. The van der Waals surface area contributed by atoms with Crippen molar-refractivity contribution in [1.82, 2.24) is 5.32 Å². The molecule has 4 heteroatoms. The molecule has 19 heavy (non-hydrogen) atoms. The predicted molar refractivity (Wildman–Crippen MR) is 79.3 cm³/mol. The van der Waals surface area contributed by atoms with Gasteiger partial charge in [0.15, 0.2) is 6.61 Å². The van der Waals surface area contributed by atoms with E-state index in [0.29, 0.717) is 6.04 Å². The molecule has 3 nitrogen and oxygen atoms in total. The summed E-state index contributed by atoms with van der Waals surface area (Å²) in [6.07, 6.45) is 7.23. The first-order chi connectivity index (χ1) is 9.24. The Labute approximate surface area is 122 Å². The minimum absolute atomic E-state index is 0.0187. The largest absolute Gasteiger partial charge is 0.484 e. The summed E-state index contributed by atoms with van der Waals surface area (Å²) >= 11 is 3.36. The van der Waals surface area contributed by atoms with Crippen LogP contribution in [0.5, 0.6) is 5.75 Å². The first-order valence-corrected chi connectivity index (χ1v) is 7.71. The Hall–Kier alpha value is -1.03. The molecule has 0 radical (unpaired) electrons. The molecule has 0 aliphatic heterocycles. The third-order valence-electron chi connectivity index (χ3n) is 3.40. The fraction of sp³-hybridized carbons (Fsp3) is 0.533. The van der Waals surface area contributed by atoms with Gasteiger partial charge >= 0.3 is 0 Å². The van der Waals surface area contributed by atoms with Crippen molar-refractivity contribution in [1.29, 1.82) is 0 Å². The van der Waals surface area contributed by atoms with E-state index in [1.165, 1.54) is 25.7 Å². The van der Waals surface area contributed by atoms with Gasteiger partial charge in [0, 0.05) is 10.5 Å². The zero-order valence-corrected chi connectivity index (χ0v) is 12.6. The number of hydrogen-bond donors (Lipinski definition) is 1. The molecular formula is C15H20BrNO2. The summed E-state index contributed by atoms with van der Waals surface area (Å²) in [5.74, 6) is 0.703. The van der Waals surface area contributed by atoms with Gasteiger partial charge in [-0.05, 0) is 37.1 Å². The molecule has 104 valence electrons. The third kappa shape index (κ3) is 5.23. The lowest BCUT2D eigenvalue weighted by molar-refractivity contribution is -0.123. The summed E-state index contributed by atoms with van der Waals surface area (Å²) in [5, 5.41) is 3.07. The predicted octanol–water partition coefficient (Wildman–Crippen LogP) is 3.67. The van der Waals surface area contributed by atoms with Gasteiger partial charge in [0.1, 0.15) is 5.75 Å². The maximum atomic E-state index is 11.8. The van der Waals surface area contributed by atoms with Crippen LogP contribution in [-0.2, 0) is 4.79 Å². The summed E-state index contributed by atoms with van der Waals surface area (Å²) in [7, 11) is 0. The second-order valence-corrected chi connectivity index (χ2v) is 5.91. The lowest BCUT2D eigenvalue weighted by atomic mass is 10.1. The number of rotatable bonds is 4. The van der Waals surface area contributed by atoms with Crippen LogP contribution in [0.1, 0.15) is 38.5 Å². The van der Waals surface area contributed by atoms with Crippen LogP contribution in [-0.4, -0.2) is 18.6 Å². The fourth-order valence-corrected chi connectivity index (χ4v) is 2.64. The molecule has 1 fully saturated rings.